The number of hydrogen-bond donors (Lipinski definition) is 1. The van der Waals surface area contributed by atoms with Gasteiger partial charge < -0.3 is 10.1 Å². The van der Waals surface area contributed by atoms with Gasteiger partial charge in [-0.3, -0.25) is 0 Å². The molecule has 2 aromatic rings. The molecule has 2 rings (SSSR count). The van der Waals surface area contributed by atoms with Crippen LogP contribution >= 0.6 is 11.3 Å². The Hall–Kier alpha value is -1.32. The van der Waals surface area contributed by atoms with Gasteiger partial charge in [0.2, 0.25) is 0 Å². The highest BCUT2D eigenvalue weighted by molar-refractivity contribution is 7.11. The molecule has 2 nitrogen and oxygen atoms in total. The Kier molecular flexibility index (Phi) is 5.21. The number of ether oxygens (including phenoxy) is 1. The smallest absolute Gasteiger partial charge is 0.123 e. The lowest BCUT2D eigenvalue weighted by Crippen LogP contribution is -2.21. The molecular weight excluding hydrogens is 266 g/mol. The highest BCUT2D eigenvalue weighted by Gasteiger charge is 2.04. The van der Waals surface area contributed by atoms with Gasteiger partial charge in [-0.15, -0.1) is 11.3 Å². The van der Waals surface area contributed by atoms with Crippen molar-refractivity contribution in [3.05, 3.63) is 51.2 Å². The van der Waals surface area contributed by atoms with Crippen LogP contribution < -0.4 is 10.1 Å². The van der Waals surface area contributed by atoms with E-state index in [-0.39, 0.29) is 0 Å². The van der Waals surface area contributed by atoms with Gasteiger partial charge in [0.25, 0.3) is 0 Å². The van der Waals surface area contributed by atoms with E-state index in [9.17, 15) is 0 Å². The van der Waals surface area contributed by atoms with Gasteiger partial charge in [0, 0.05) is 22.3 Å². The van der Waals surface area contributed by atoms with Crippen LogP contribution in [0.15, 0.2) is 30.3 Å². The van der Waals surface area contributed by atoms with Crippen LogP contribution in [0.5, 0.6) is 5.75 Å². The molecule has 0 atom stereocenters. The van der Waals surface area contributed by atoms with Gasteiger partial charge in [-0.25, -0.2) is 0 Å². The lowest BCUT2D eigenvalue weighted by atomic mass is 10.1. The van der Waals surface area contributed by atoms with E-state index in [1.165, 1.54) is 20.9 Å². The molecule has 1 aromatic heterocycles. The summed E-state index contributed by atoms with van der Waals surface area (Å²) in [6.45, 7) is 10.1. The molecule has 0 aliphatic rings. The van der Waals surface area contributed by atoms with Gasteiger partial charge in [0.15, 0.2) is 0 Å². The molecule has 108 valence electrons. The minimum absolute atomic E-state index is 0.520. The molecule has 1 N–H and O–H groups in total. The molecule has 1 heterocycles. The number of benzene rings is 1. The minimum atomic E-state index is 0.520. The first-order valence-corrected chi connectivity index (χ1v) is 7.87. The van der Waals surface area contributed by atoms with Crippen molar-refractivity contribution < 1.29 is 4.74 Å². The predicted molar refractivity (Wildman–Crippen MR) is 86.5 cm³/mol. The maximum atomic E-state index is 5.93. The molecule has 0 spiro atoms. The summed E-state index contributed by atoms with van der Waals surface area (Å²) >= 11 is 1.82. The first-order valence-electron chi connectivity index (χ1n) is 7.05. The van der Waals surface area contributed by atoms with Crippen molar-refractivity contribution in [1.82, 2.24) is 5.32 Å². The summed E-state index contributed by atoms with van der Waals surface area (Å²) in [6.07, 6.45) is 0. The Morgan fingerprint density at radius 3 is 2.60 bits per heavy atom. The van der Waals surface area contributed by atoms with E-state index in [2.05, 4.69) is 63.3 Å². The molecule has 0 aliphatic heterocycles. The summed E-state index contributed by atoms with van der Waals surface area (Å²) in [4.78, 5) is 2.63. The van der Waals surface area contributed by atoms with E-state index in [1.807, 2.05) is 11.3 Å². The SMILES string of the molecule is Cc1ccc(C)c(OCc2ccc(CNC(C)C)s2)c1. The second-order valence-electron chi connectivity index (χ2n) is 5.46. The number of aryl methyl sites for hydroxylation is 2. The molecule has 0 radical (unpaired) electrons. The third-order valence-corrected chi connectivity index (χ3v) is 4.17. The van der Waals surface area contributed by atoms with E-state index >= 15 is 0 Å². The van der Waals surface area contributed by atoms with Crippen molar-refractivity contribution in [2.24, 2.45) is 0 Å². The van der Waals surface area contributed by atoms with Crippen molar-refractivity contribution >= 4 is 11.3 Å². The zero-order valence-electron chi connectivity index (χ0n) is 12.7. The Morgan fingerprint density at radius 2 is 1.85 bits per heavy atom. The third-order valence-electron chi connectivity index (χ3n) is 3.12. The fraction of sp³-hybridized carbons (Fsp3) is 0.412. The topological polar surface area (TPSA) is 21.3 Å². The van der Waals surface area contributed by atoms with E-state index in [4.69, 9.17) is 4.74 Å². The molecule has 0 amide bonds. The standard InChI is InChI=1S/C17H23NOS/c1-12(2)18-10-15-7-8-16(20-15)11-19-17-9-13(3)5-6-14(17)4/h5-9,12,18H,10-11H2,1-4H3. The monoisotopic (exact) mass is 289 g/mol. The second kappa shape index (κ2) is 6.91. The summed E-state index contributed by atoms with van der Waals surface area (Å²) in [7, 11) is 0. The van der Waals surface area contributed by atoms with Crippen LogP contribution in [0.25, 0.3) is 0 Å². The maximum absolute atomic E-state index is 5.93. The third kappa shape index (κ3) is 4.36. The minimum Gasteiger partial charge on any atom is -0.488 e. The fourth-order valence-corrected chi connectivity index (χ4v) is 2.79. The number of thiophene rings is 1. The Balaban J connectivity index is 1.92. The van der Waals surface area contributed by atoms with Gasteiger partial charge in [0.1, 0.15) is 12.4 Å². The normalized spacial score (nSPS) is 11.1. The van der Waals surface area contributed by atoms with E-state index in [0.29, 0.717) is 12.6 Å². The van der Waals surface area contributed by atoms with Crippen LogP contribution in [0.4, 0.5) is 0 Å². The summed E-state index contributed by atoms with van der Waals surface area (Å²) in [5, 5.41) is 3.44. The van der Waals surface area contributed by atoms with Gasteiger partial charge >= 0.3 is 0 Å². The highest BCUT2D eigenvalue weighted by Crippen LogP contribution is 2.23. The fourth-order valence-electron chi connectivity index (χ4n) is 1.91. The van der Waals surface area contributed by atoms with Crippen LogP contribution in [0.1, 0.15) is 34.7 Å². The van der Waals surface area contributed by atoms with Crippen molar-refractivity contribution in [3.63, 3.8) is 0 Å². The summed E-state index contributed by atoms with van der Waals surface area (Å²) in [6, 6.07) is 11.2. The van der Waals surface area contributed by atoms with Gasteiger partial charge in [-0.2, -0.15) is 0 Å². The lowest BCUT2D eigenvalue weighted by molar-refractivity contribution is 0.307. The van der Waals surface area contributed by atoms with Crippen molar-refractivity contribution in [2.75, 3.05) is 0 Å². The van der Waals surface area contributed by atoms with Crippen LogP contribution in [0.2, 0.25) is 0 Å². The van der Waals surface area contributed by atoms with Gasteiger partial charge in [-0.05, 0) is 43.2 Å². The number of hydrogen-bond acceptors (Lipinski definition) is 3. The molecule has 0 aliphatic carbocycles. The first kappa shape index (κ1) is 15.1. The van der Waals surface area contributed by atoms with E-state index in [1.54, 1.807) is 0 Å². The molecule has 1 aromatic carbocycles. The molecule has 20 heavy (non-hydrogen) atoms. The Morgan fingerprint density at radius 1 is 1.10 bits per heavy atom. The molecule has 0 saturated heterocycles. The summed E-state index contributed by atoms with van der Waals surface area (Å²) in [5.41, 5.74) is 2.42. The van der Waals surface area contributed by atoms with Gasteiger partial charge in [0.05, 0.1) is 0 Å². The van der Waals surface area contributed by atoms with Crippen molar-refractivity contribution in [1.29, 1.82) is 0 Å². The van der Waals surface area contributed by atoms with Crippen molar-refractivity contribution in [2.45, 2.75) is 46.9 Å². The molecule has 0 unspecified atom stereocenters. The Labute approximate surface area is 125 Å². The second-order valence-corrected chi connectivity index (χ2v) is 6.71. The average molecular weight is 289 g/mol. The van der Waals surface area contributed by atoms with E-state index < -0.39 is 0 Å². The van der Waals surface area contributed by atoms with E-state index in [0.717, 1.165) is 12.3 Å². The largest absolute Gasteiger partial charge is 0.488 e. The molecule has 0 saturated carbocycles. The highest BCUT2D eigenvalue weighted by atomic mass is 32.1. The van der Waals surface area contributed by atoms with Gasteiger partial charge in [-0.1, -0.05) is 26.0 Å². The quantitative estimate of drug-likeness (QED) is 0.848. The predicted octanol–water partition coefficient (Wildman–Crippen LogP) is 4.44. The van der Waals surface area contributed by atoms with Crippen LogP contribution in [0.3, 0.4) is 0 Å². The zero-order chi connectivity index (χ0) is 14.5. The Bertz CT molecular complexity index is 560. The molecule has 3 heteroatoms. The lowest BCUT2D eigenvalue weighted by Gasteiger charge is -2.09. The summed E-state index contributed by atoms with van der Waals surface area (Å²) < 4.78 is 5.93. The van der Waals surface area contributed by atoms with Crippen molar-refractivity contribution in [3.8, 4) is 5.75 Å². The zero-order valence-corrected chi connectivity index (χ0v) is 13.5. The number of rotatable bonds is 6. The summed E-state index contributed by atoms with van der Waals surface area (Å²) in [5.74, 6) is 0.986. The maximum Gasteiger partial charge on any atom is 0.123 e. The molecular formula is C17H23NOS. The first-order chi connectivity index (χ1) is 9.54. The molecule has 0 bridgehead atoms. The van der Waals surface area contributed by atoms with Crippen LogP contribution in [0, 0.1) is 13.8 Å². The molecule has 0 fully saturated rings. The van der Waals surface area contributed by atoms with Crippen LogP contribution in [-0.2, 0) is 13.2 Å². The number of nitrogens with one attached hydrogen (secondary N) is 1. The average Bonchev–Trinajstić information content (AvgIpc) is 2.85. The van der Waals surface area contributed by atoms with Crippen LogP contribution in [-0.4, -0.2) is 6.04 Å².